The molecule has 1 fully saturated rings. The maximum atomic E-state index is 14.5. The normalized spacial score (nSPS) is 17.2. The molecule has 2 heterocycles. The summed E-state index contributed by atoms with van der Waals surface area (Å²) < 4.78 is 47.4. The van der Waals surface area contributed by atoms with Crippen molar-refractivity contribution in [3.63, 3.8) is 0 Å². The first-order chi connectivity index (χ1) is 19.0. The fourth-order valence-electron chi connectivity index (χ4n) is 4.56. The summed E-state index contributed by atoms with van der Waals surface area (Å²) in [5.74, 6) is -1.69. The van der Waals surface area contributed by atoms with Gasteiger partial charge in [-0.1, -0.05) is 18.2 Å². The molecule has 0 aliphatic carbocycles. The van der Waals surface area contributed by atoms with Crippen LogP contribution in [0.1, 0.15) is 23.6 Å². The summed E-state index contributed by atoms with van der Waals surface area (Å²) in [5.41, 5.74) is 1.89. The molecule has 212 valence electrons. The molecule has 1 aliphatic heterocycles. The van der Waals surface area contributed by atoms with Crippen LogP contribution >= 0.6 is 0 Å². The van der Waals surface area contributed by atoms with Crippen molar-refractivity contribution in [2.45, 2.75) is 50.0 Å². The Bertz CT molecular complexity index is 1470. The van der Waals surface area contributed by atoms with Gasteiger partial charge in [-0.25, -0.2) is 17.1 Å². The molecule has 0 unspecified atom stereocenters. The molecule has 3 atom stereocenters. The standard InChI is InChI=1S/C28H31FN4O6S/c1-18-5-3-7-24(11-18)40(37,38)33-10-9-31-26(28(33)36)27(35)25(32-19(2)34)14-21-12-22(29)15-23(13-21)39-17-20-6-4-8-30-16-20/h3-8,11-13,15-16,25-27,31,35H,9-10,14,17H2,1-2H3,(H,32,34)/t25-,26-,27-/m0/s1. The zero-order valence-electron chi connectivity index (χ0n) is 22.1. The lowest BCUT2D eigenvalue weighted by molar-refractivity contribution is -0.135. The number of rotatable bonds is 10. The van der Waals surface area contributed by atoms with Crippen molar-refractivity contribution in [2.24, 2.45) is 0 Å². The van der Waals surface area contributed by atoms with Gasteiger partial charge in [-0.3, -0.25) is 14.6 Å². The highest BCUT2D eigenvalue weighted by Gasteiger charge is 2.42. The lowest BCUT2D eigenvalue weighted by Crippen LogP contribution is -2.64. The van der Waals surface area contributed by atoms with E-state index in [4.69, 9.17) is 4.74 Å². The molecule has 3 N–H and O–H groups in total. The van der Waals surface area contributed by atoms with Crippen molar-refractivity contribution in [1.29, 1.82) is 0 Å². The fraction of sp³-hybridized carbons (Fsp3) is 0.321. The van der Waals surface area contributed by atoms with Crippen LogP contribution in [-0.4, -0.2) is 65.9 Å². The first-order valence-corrected chi connectivity index (χ1v) is 14.1. The summed E-state index contributed by atoms with van der Waals surface area (Å²) in [7, 11) is -4.17. The zero-order chi connectivity index (χ0) is 28.9. The molecule has 0 saturated carbocycles. The van der Waals surface area contributed by atoms with Crippen LogP contribution in [0.4, 0.5) is 4.39 Å². The van der Waals surface area contributed by atoms with Crippen molar-refractivity contribution in [2.75, 3.05) is 13.1 Å². The lowest BCUT2D eigenvalue weighted by Gasteiger charge is -2.37. The fourth-order valence-corrected chi connectivity index (χ4v) is 6.08. The van der Waals surface area contributed by atoms with E-state index in [1.807, 2.05) is 6.07 Å². The van der Waals surface area contributed by atoms with Crippen LogP contribution < -0.4 is 15.4 Å². The minimum absolute atomic E-state index is 0.0343. The number of aryl methyl sites for hydroxylation is 1. The minimum atomic E-state index is -4.17. The number of sulfonamides is 1. The van der Waals surface area contributed by atoms with Gasteiger partial charge in [0, 0.05) is 44.0 Å². The second-order valence-electron chi connectivity index (χ2n) is 9.61. The van der Waals surface area contributed by atoms with E-state index in [2.05, 4.69) is 15.6 Å². The molecule has 10 nitrogen and oxygen atoms in total. The number of piperazine rings is 1. The van der Waals surface area contributed by atoms with Crippen molar-refractivity contribution in [1.82, 2.24) is 19.9 Å². The minimum Gasteiger partial charge on any atom is -0.489 e. The number of nitrogens with zero attached hydrogens (tertiary/aromatic N) is 2. The number of ether oxygens (including phenoxy) is 1. The molecule has 12 heteroatoms. The third-order valence-electron chi connectivity index (χ3n) is 6.43. The average molecular weight is 571 g/mol. The van der Waals surface area contributed by atoms with Gasteiger partial charge in [-0.15, -0.1) is 0 Å². The second-order valence-corrected chi connectivity index (χ2v) is 11.5. The molecule has 2 amide bonds. The molecule has 1 aliphatic rings. The molecule has 0 spiro atoms. The van der Waals surface area contributed by atoms with Gasteiger partial charge in [0.25, 0.3) is 15.9 Å². The number of pyridine rings is 1. The van der Waals surface area contributed by atoms with E-state index in [9.17, 15) is 27.5 Å². The number of amides is 2. The van der Waals surface area contributed by atoms with Crippen molar-refractivity contribution in [3.05, 3.63) is 89.5 Å². The molecule has 1 saturated heterocycles. The van der Waals surface area contributed by atoms with E-state index in [1.165, 1.54) is 31.2 Å². The Labute approximate surface area is 232 Å². The van der Waals surface area contributed by atoms with Crippen LogP contribution in [0.3, 0.4) is 0 Å². The maximum Gasteiger partial charge on any atom is 0.266 e. The van der Waals surface area contributed by atoms with Gasteiger partial charge in [-0.05, 0) is 54.8 Å². The first-order valence-electron chi connectivity index (χ1n) is 12.7. The molecule has 1 aromatic heterocycles. The predicted molar refractivity (Wildman–Crippen MR) is 144 cm³/mol. The molecule has 40 heavy (non-hydrogen) atoms. The van der Waals surface area contributed by atoms with Crippen LogP contribution in [0.2, 0.25) is 0 Å². The summed E-state index contributed by atoms with van der Waals surface area (Å²) in [6.45, 7) is 3.12. The Morgan fingerprint density at radius 2 is 2.02 bits per heavy atom. The number of benzene rings is 2. The Morgan fingerprint density at radius 1 is 1.23 bits per heavy atom. The van der Waals surface area contributed by atoms with Crippen LogP contribution in [0, 0.1) is 12.7 Å². The molecular formula is C28H31FN4O6S. The number of carbonyl (C=O) groups excluding carboxylic acids is 2. The third kappa shape index (κ3) is 7.00. The van der Waals surface area contributed by atoms with Crippen LogP contribution in [-0.2, 0) is 32.6 Å². The highest BCUT2D eigenvalue weighted by Crippen LogP contribution is 2.23. The van der Waals surface area contributed by atoms with Gasteiger partial charge in [-0.2, -0.15) is 0 Å². The van der Waals surface area contributed by atoms with Gasteiger partial charge in [0.05, 0.1) is 17.0 Å². The zero-order valence-corrected chi connectivity index (χ0v) is 22.9. The highest BCUT2D eigenvalue weighted by atomic mass is 32.2. The Balaban J connectivity index is 1.53. The van der Waals surface area contributed by atoms with E-state index in [0.717, 1.165) is 9.87 Å². The third-order valence-corrected chi connectivity index (χ3v) is 8.22. The second kappa shape index (κ2) is 12.5. The van der Waals surface area contributed by atoms with Gasteiger partial charge >= 0.3 is 0 Å². The topological polar surface area (TPSA) is 138 Å². The maximum absolute atomic E-state index is 14.5. The molecule has 3 aromatic rings. The van der Waals surface area contributed by atoms with Crippen LogP contribution in [0.25, 0.3) is 0 Å². The van der Waals surface area contributed by atoms with Crippen molar-refractivity contribution < 1.29 is 32.2 Å². The van der Waals surface area contributed by atoms with Gasteiger partial charge in [0.1, 0.15) is 24.2 Å². The largest absolute Gasteiger partial charge is 0.489 e. The summed E-state index contributed by atoms with van der Waals surface area (Å²) in [5, 5.41) is 16.7. The van der Waals surface area contributed by atoms with Crippen molar-refractivity contribution >= 4 is 21.8 Å². The molecular weight excluding hydrogens is 539 g/mol. The quantitative estimate of drug-likeness (QED) is 0.335. The van der Waals surface area contributed by atoms with E-state index >= 15 is 0 Å². The molecule has 0 bridgehead atoms. The van der Waals surface area contributed by atoms with E-state index in [-0.39, 0.29) is 36.8 Å². The number of hydrogen-bond acceptors (Lipinski definition) is 8. The highest BCUT2D eigenvalue weighted by molar-refractivity contribution is 7.89. The molecule has 4 rings (SSSR count). The predicted octanol–water partition coefficient (Wildman–Crippen LogP) is 1.71. The number of aliphatic hydroxyl groups excluding tert-OH is 1. The van der Waals surface area contributed by atoms with Gasteiger partial charge in [0.2, 0.25) is 5.91 Å². The van der Waals surface area contributed by atoms with Gasteiger partial charge < -0.3 is 20.5 Å². The number of aliphatic hydroxyl groups is 1. The van der Waals surface area contributed by atoms with Crippen LogP contribution in [0.5, 0.6) is 5.75 Å². The first kappa shape index (κ1) is 29.1. The summed E-state index contributed by atoms with van der Waals surface area (Å²) in [6.07, 6.45) is 1.66. The van der Waals surface area contributed by atoms with Crippen molar-refractivity contribution in [3.8, 4) is 5.75 Å². The number of aromatic nitrogens is 1. The SMILES string of the molecule is CC(=O)N[C@@H](Cc1cc(F)cc(OCc2cccnc2)c1)[C@H](O)[C@@H]1NCCN(S(=O)(=O)c2cccc(C)c2)C1=O. The van der Waals surface area contributed by atoms with E-state index < -0.39 is 45.8 Å². The molecule has 2 aromatic carbocycles. The number of nitrogens with one attached hydrogen (secondary N) is 2. The Kier molecular flexibility index (Phi) is 9.13. The van der Waals surface area contributed by atoms with E-state index in [0.29, 0.717) is 11.1 Å². The monoisotopic (exact) mass is 570 g/mol. The Hall–Kier alpha value is -3.87. The number of carbonyl (C=O) groups is 2. The number of halogens is 1. The summed E-state index contributed by atoms with van der Waals surface area (Å²) in [6, 6.07) is 11.4. The van der Waals surface area contributed by atoms with Gasteiger partial charge in [0.15, 0.2) is 0 Å². The average Bonchev–Trinajstić information content (AvgIpc) is 2.91. The van der Waals surface area contributed by atoms with E-state index in [1.54, 1.807) is 43.6 Å². The van der Waals surface area contributed by atoms with Crippen LogP contribution in [0.15, 0.2) is 71.9 Å². The smallest absolute Gasteiger partial charge is 0.266 e. The lowest BCUT2D eigenvalue weighted by atomic mass is 9.94. The molecule has 0 radical (unpaired) electrons. The summed E-state index contributed by atoms with van der Waals surface area (Å²) in [4.78, 5) is 29.4. The summed E-state index contributed by atoms with van der Waals surface area (Å²) >= 11 is 0. The Morgan fingerprint density at radius 3 is 2.73 bits per heavy atom. The number of hydrogen-bond donors (Lipinski definition) is 3.